The average Bonchev–Trinajstić information content (AvgIpc) is 3.18. The maximum Gasteiger partial charge on any atom is 0.246 e. The van der Waals surface area contributed by atoms with Gasteiger partial charge in [-0.25, -0.2) is 0 Å². The van der Waals surface area contributed by atoms with Crippen molar-refractivity contribution in [3.8, 4) is 11.5 Å². The van der Waals surface area contributed by atoms with Crippen molar-refractivity contribution < 1.29 is 18.8 Å². The molecule has 0 bridgehead atoms. The van der Waals surface area contributed by atoms with E-state index in [1.807, 2.05) is 61.2 Å². The summed E-state index contributed by atoms with van der Waals surface area (Å²) in [7, 11) is 1.60. The third-order valence-electron chi connectivity index (χ3n) is 5.87. The molecular formula is C26H29N3O4. The maximum atomic E-state index is 12.7. The number of amides is 1. The highest BCUT2D eigenvalue weighted by molar-refractivity contribution is 5.92. The van der Waals surface area contributed by atoms with Crippen LogP contribution in [0, 0.1) is 13.8 Å². The lowest BCUT2D eigenvalue weighted by atomic mass is 10.1. The Balaban J connectivity index is 1.34. The number of methoxy groups -OCH3 is 1. The molecule has 1 aliphatic heterocycles. The Bertz CT molecular complexity index is 1100. The Kier molecular flexibility index (Phi) is 6.98. The summed E-state index contributed by atoms with van der Waals surface area (Å²) in [4.78, 5) is 16.9. The highest BCUT2D eigenvalue weighted by atomic mass is 16.5. The van der Waals surface area contributed by atoms with Crippen LogP contribution in [0.1, 0.15) is 22.6 Å². The molecule has 33 heavy (non-hydrogen) atoms. The topological polar surface area (TPSA) is 68.0 Å². The molecule has 0 unspecified atom stereocenters. The molecule has 1 aromatic heterocycles. The fourth-order valence-electron chi connectivity index (χ4n) is 3.86. The second-order valence-corrected chi connectivity index (χ2v) is 7.98. The Morgan fingerprint density at radius 3 is 2.48 bits per heavy atom. The van der Waals surface area contributed by atoms with Crippen LogP contribution >= 0.6 is 0 Å². The standard InChI is InChI=1S/C26H29N3O4/c1-19-23(20(2)33-27-19)18-32-24-11-9-21(17-25(24)31-3)10-12-26(30)29-15-13-28(14-16-29)22-7-5-4-6-8-22/h4-12,17H,13-16,18H2,1-3H3. The van der Waals surface area contributed by atoms with E-state index < -0.39 is 0 Å². The summed E-state index contributed by atoms with van der Waals surface area (Å²) in [5, 5.41) is 3.95. The van der Waals surface area contributed by atoms with Gasteiger partial charge in [-0.15, -0.1) is 0 Å². The zero-order chi connectivity index (χ0) is 23.2. The molecule has 2 heterocycles. The Labute approximate surface area is 194 Å². The molecule has 1 fully saturated rings. The van der Waals surface area contributed by atoms with E-state index in [2.05, 4.69) is 22.2 Å². The van der Waals surface area contributed by atoms with Crippen LogP contribution in [-0.2, 0) is 11.4 Å². The number of nitrogens with zero attached hydrogens (tertiary/aromatic N) is 3. The highest BCUT2D eigenvalue weighted by Crippen LogP contribution is 2.30. The minimum Gasteiger partial charge on any atom is -0.493 e. The number of para-hydroxylation sites is 1. The molecule has 1 aliphatic rings. The van der Waals surface area contributed by atoms with Crippen molar-refractivity contribution in [1.29, 1.82) is 0 Å². The van der Waals surface area contributed by atoms with Crippen LogP contribution in [0.25, 0.3) is 6.08 Å². The van der Waals surface area contributed by atoms with Crippen LogP contribution in [0.2, 0.25) is 0 Å². The molecule has 3 aromatic rings. The van der Waals surface area contributed by atoms with Crippen LogP contribution < -0.4 is 14.4 Å². The maximum absolute atomic E-state index is 12.7. The van der Waals surface area contributed by atoms with Crippen molar-refractivity contribution >= 4 is 17.7 Å². The Morgan fingerprint density at radius 2 is 1.82 bits per heavy atom. The minimum atomic E-state index is 0.0143. The number of rotatable bonds is 7. The first-order chi connectivity index (χ1) is 16.0. The number of hydrogen-bond acceptors (Lipinski definition) is 6. The Morgan fingerprint density at radius 1 is 1.06 bits per heavy atom. The normalized spacial score (nSPS) is 14.0. The molecule has 0 spiro atoms. The van der Waals surface area contributed by atoms with Gasteiger partial charge >= 0.3 is 0 Å². The van der Waals surface area contributed by atoms with Crippen molar-refractivity contribution in [3.05, 3.63) is 77.2 Å². The summed E-state index contributed by atoms with van der Waals surface area (Å²) < 4.78 is 16.6. The van der Waals surface area contributed by atoms with E-state index in [1.54, 1.807) is 13.2 Å². The van der Waals surface area contributed by atoms with Crippen LogP contribution in [0.3, 0.4) is 0 Å². The van der Waals surface area contributed by atoms with E-state index in [0.29, 0.717) is 31.2 Å². The second-order valence-electron chi connectivity index (χ2n) is 7.98. The molecule has 0 atom stereocenters. The Hall–Kier alpha value is -3.74. The molecular weight excluding hydrogens is 418 g/mol. The van der Waals surface area contributed by atoms with Crippen molar-refractivity contribution in [2.45, 2.75) is 20.5 Å². The summed E-state index contributed by atoms with van der Waals surface area (Å²) in [6.07, 6.45) is 3.43. The first-order valence-corrected chi connectivity index (χ1v) is 11.0. The number of aromatic nitrogens is 1. The van der Waals surface area contributed by atoms with Gasteiger partial charge in [-0.3, -0.25) is 4.79 Å². The van der Waals surface area contributed by atoms with E-state index in [0.717, 1.165) is 35.7 Å². The first kappa shape index (κ1) is 22.5. The third-order valence-corrected chi connectivity index (χ3v) is 5.87. The predicted molar refractivity (Wildman–Crippen MR) is 128 cm³/mol. The number of benzene rings is 2. The fraction of sp³-hybridized carbons (Fsp3) is 0.308. The van der Waals surface area contributed by atoms with Crippen LogP contribution in [0.4, 0.5) is 5.69 Å². The van der Waals surface area contributed by atoms with E-state index in [1.165, 1.54) is 5.69 Å². The third kappa shape index (κ3) is 5.37. The molecule has 1 amide bonds. The zero-order valence-electron chi connectivity index (χ0n) is 19.3. The smallest absolute Gasteiger partial charge is 0.246 e. The van der Waals surface area contributed by atoms with Gasteiger partial charge in [0.15, 0.2) is 11.5 Å². The lowest BCUT2D eigenvalue weighted by molar-refractivity contribution is -0.126. The molecule has 4 rings (SSSR count). The number of carbonyl (C=O) groups excluding carboxylic acids is 1. The molecule has 7 nitrogen and oxygen atoms in total. The van der Waals surface area contributed by atoms with E-state index in [4.69, 9.17) is 14.0 Å². The summed E-state index contributed by atoms with van der Waals surface area (Å²) >= 11 is 0. The van der Waals surface area contributed by atoms with Gasteiger partial charge < -0.3 is 23.8 Å². The molecule has 0 radical (unpaired) electrons. The van der Waals surface area contributed by atoms with Crippen molar-refractivity contribution in [2.24, 2.45) is 0 Å². The van der Waals surface area contributed by atoms with Gasteiger partial charge in [0.25, 0.3) is 0 Å². The number of ether oxygens (including phenoxy) is 2. The SMILES string of the molecule is COc1cc(C=CC(=O)N2CCN(c3ccccc3)CC2)ccc1OCc1c(C)noc1C. The molecule has 0 aliphatic carbocycles. The highest BCUT2D eigenvalue weighted by Gasteiger charge is 2.19. The first-order valence-electron chi connectivity index (χ1n) is 11.0. The number of hydrogen-bond donors (Lipinski definition) is 0. The van der Waals surface area contributed by atoms with Crippen LogP contribution in [-0.4, -0.2) is 49.3 Å². The fourth-order valence-corrected chi connectivity index (χ4v) is 3.86. The van der Waals surface area contributed by atoms with Crippen molar-refractivity contribution in [2.75, 3.05) is 38.2 Å². The van der Waals surface area contributed by atoms with E-state index >= 15 is 0 Å². The number of anilines is 1. The molecule has 0 saturated carbocycles. The van der Waals surface area contributed by atoms with Gasteiger partial charge in [0.2, 0.25) is 5.91 Å². The van der Waals surface area contributed by atoms with E-state index in [9.17, 15) is 4.79 Å². The van der Waals surface area contributed by atoms with Gasteiger partial charge in [-0.2, -0.15) is 0 Å². The van der Waals surface area contributed by atoms with Gasteiger partial charge in [0.1, 0.15) is 12.4 Å². The molecule has 0 N–H and O–H groups in total. The monoisotopic (exact) mass is 447 g/mol. The molecule has 172 valence electrons. The molecule has 1 saturated heterocycles. The van der Waals surface area contributed by atoms with Crippen molar-refractivity contribution in [1.82, 2.24) is 10.1 Å². The van der Waals surface area contributed by atoms with Crippen LogP contribution in [0.5, 0.6) is 11.5 Å². The lowest BCUT2D eigenvalue weighted by Gasteiger charge is -2.35. The number of carbonyl (C=O) groups is 1. The lowest BCUT2D eigenvalue weighted by Crippen LogP contribution is -2.48. The minimum absolute atomic E-state index is 0.0143. The summed E-state index contributed by atoms with van der Waals surface area (Å²) in [5.41, 5.74) is 3.81. The number of aryl methyl sites for hydroxylation is 2. The zero-order valence-corrected chi connectivity index (χ0v) is 19.3. The molecule has 7 heteroatoms. The quantitative estimate of drug-likeness (QED) is 0.505. The van der Waals surface area contributed by atoms with Crippen LogP contribution in [0.15, 0.2) is 59.1 Å². The van der Waals surface area contributed by atoms with Gasteiger partial charge in [-0.1, -0.05) is 29.4 Å². The van der Waals surface area contributed by atoms with Gasteiger partial charge in [0, 0.05) is 37.9 Å². The summed E-state index contributed by atoms with van der Waals surface area (Å²) in [6.45, 7) is 7.16. The van der Waals surface area contributed by atoms with Gasteiger partial charge in [0.05, 0.1) is 18.4 Å². The summed E-state index contributed by atoms with van der Waals surface area (Å²) in [6, 6.07) is 15.9. The number of piperazine rings is 1. The second kappa shape index (κ2) is 10.3. The largest absolute Gasteiger partial charge is 0.493 e. The van der Waals surface area contributed by atoms with E-state index in [-0.39, 0.29) is 5.91 Å². The molecule has 2 aromatic carbocycles. The average molecular weight is 448 g/mol. The van der Waals surface area contributed by atoms with Gasteiger partial charge in [-0.05, 0) is 49.8 Å². The summed E-state index contributed by atoms with van der Waals surface area (Å²) in [5.74, 6) is 1.99. The van der Waals surface area contributed by atoms with Crippen molar-refractivity contribution in [3.63, 3.8) is 0 Å². The predicted octanol–water partition coefficient (Wildman–Crippen LogP) is 4.24.